The molecule has 9 heteroatoms. The van der Waals surface area contributed by atoms with Crippen molar-refractivity contribution in [3.8, 4) is 17.2 Å². The van der Waals surface area contributed by atoms with Gasteiger partial charge in [0, 0.05) is 11.3 Å². The molecule has 0 spiro atoms. The van der Waals surface area contributed by atoms with E-state index >= 15 is 0 Å². The number of hydrogen-bond acceptors (Lipinski definition) is 8. The maximum absolute atomic E-state index is 12.4. The van der Waals surface area contributed by atoms with Crippen molar-refractivity contribution >= 4 is 23.3 Å². The van der Waals surface area contributed by atoms with Crippen LogP contribution >= 0.6 is 0 Å². The van der Waals surface area contributed by atoms with Gasteiger partial charge >= 0.3 is 5.97 Å². The number of carbonyl (C=O) groups excluding carboxylic acids is 2. The Bertz CT molecular complexity index is 1230. The van der Waals surface area contributed by atoms with Gasteiger partial charge in [0.25, 0.3) is 5.91 Å². The number of esters is 1. The Balaban J connectivity index is 1.19. The molecule has 9 nitrogen and oxygen atoms in total. The van der Waals surface area contributed by atoms with Crippen LogP contribution in [0.25, 0.3) is 0 Å². The Labute approximate surface area is 208 Å². The molecule has 1 amide bonds. The second-order valence-corrected chi connectivity index (χ2v) is 7.94. The number of amides is 1. The molecule has 1 aliphatic rings. The summed E-state index contributed by atoms with van der Waals surface area (Å²) in [6.45, 7) is 3.40. The Hall–Kier alpha value is -4.53. The second-order valence-electron chi connectivity index (χ2n) is 7.94. The van der Waals surface area contributed by atoms with Gasteiger partial charge in [-0.2, -0.15) is 0 Å². The molecule has 1 aliphatic heterocycles. The summed E-state index contributed by atoms with van der Waals surface area (Å²) in [5.41, 5.74) is 2.92. The Morgan fingerprint density at radius 1 is 1.00 bits per heavy atom. The number of carbonyl (C=O) groups is 2. The van der Waals surface area contributed by atoms with E-state index in [2.05, 4.69) is 10.5 Å². The quantitative estimate of drug-likeness (QED) is 0.257. The van der Waals surface area contributed by atoms with E-state index in [1.807, 2.05) is 36.4 Å². The summed E-state index contributed by atoms with van der Waals surface area (Å²) in [6, 6.07) is 22.1. The zero-order valence-electron chi connectivity index (χ0n) is 19.9. The normalized spacial score (nSPS) is 13.0. The van der Waals surface area contributed by atoms with Gasteiger partial charge in [0.05, 0.1) is 5.71 Å². The summed E-state index contributed by atoms with van der Waals surface area (Å²) >= 11 is 0. The molecule has 0 saturated heterocycles. The van der Waals surface area contributed by atoms with Crippen LogP contribution in [0.5, 0.6) is 17.2 Å². The smallest absolute Gasteiger partial charge is 0.347 e. The second kappa shape index (κ2) is 11.7. The molecule has 3 aromatic rings. The molecule has 4 rings (SSSR count). The lowest BCUT2D eigenvalue weighted by atomic mass is 10.1. The van der Waals surface area contributed by atoms with Crippen LogP contribution < -0.4 is 19.5 Å². The van der Waals surface area contributed by atoms with Gasteiger partial charge in [0.2, 0.25) is 13.4 Å². The van der Waals surface area contributed by atoms with E-state index in [4.69, 9.17) is 23.8 Å². The third-order valence-corrected chi connectivity index (χ3v) is 5.22. The molecule has 1 heterocycles. The Morgan fingerprint density at radius 2 is 1.75 bits per heavy atom. The van der Waals surface area contributed by atoms with Crippen LogP contribution in [0.4, 0.5) is 5.69 Å². The molecular weight excluding hydrogens is 464 g/mol. The monoisotopic (exact) mass is 490 g/mol. The van der Waals surface area contributed by atoms with Gasteiger partial charge in [0.1, 0.15) is 12.4 Å². The molecular formula is C27H26N2O7. The third kappa shape index (κ3) is 6.75. The Morgan fingerprint density at radius 3 is 2.53 bits per heavy atom. The van der Waals surface area contributed by atoms with Gasteiger partial charge in [-0.1, -0.05) is 35.5 Å². The number of hydrogen-bond donors (Lipinski definition) is 1. The molecule has 0 bridgehead atoms. The van der Waals surface area contributed by atoms with Crippen molar-refractivity contribution < 1.29 is 33.4 Å². The van der Waals surface area contributed by atoms with Gasteiger partial charge in [-0.05, 0) is 61.9 Å². The minimum Gasteiger partial charge on any atom is -0.489 e. The average molecular weight is 491 g/mol. The van der Waals surface area contributed by atoms with Crippen molar-refractivity contribution in [1.29, 1.82) is 0 Å². The molecule has 0 aromatic heterocycles. The molecule has 1 N–H and O–H groups in total. The highest BCUT2D eigenvalue weighted by molar-refractivity contribution is 5.99. The van der Waals surface area contributed by atoms with Crippen LogP contribution in [0, 0.1) is 0 Å². The number of fused-ring (bicyclic) bond motifs is 1. The summed E-state index contributed by atoms with van der Waals surface area (Å²) in [5.74, 6) is 0.766. The van der Waals surface area contributed by atoms with Crippen molar-refractivity contribution in [1.82, 2.24) is 0 Å². The highest BCUT2D eigenvalue weighted by Crippen LogP contribution is 2.32. The first-order valence-corrected chi connectivity index (χ1v) is 11.3. The fraction of sp³-hybridized carbons (Fsp3) is 0.222. The summed E-state index contributed by atoms with van der Waals surface area (Å²) in [5, 5.41) is 6.63. The fourth-order valence-electron chi connectivity index (χ4n) is 3.26. The predicted molar refractivity (Wildman–Crippen MR) is 132 cm³/mol. The average Bonchev–Trinajstić information content (AvgIpc) is 3.37. The number of oxime groups is 1. The summed E-state index contributed by atoms with van der Waals surface area (Å²) in [7, 11) is 0. The molecule has 36 heavy (non-hydrogen) atoms. The first kappa shape index (κ1) is 24.6. The van der Waals surface area contributed by atoms with E-state index in [9.17, 15) is 9.59 Å². The van der Waals surface area contributed by atoms with Gasteiger partial charge < -0.3 is 29.1 Å². The van der Waals surface area contributed by atoms with Crippen LogP contribution in [-0.4, -0.2) is 37.1 Å². The molecule has 1 atom stereocenters. The van der Waals surface area contributed by atoms with Crippen LogP contribution in [0.1, 0.15) is 25.0 Å². The van der Waals surface area contributed by atoms with Crippen LogP contribution in [-0.2, 0) is 25.8 Å². The number of ether oxygens (including phenoxy) is 4. The number of benzene rings is 3. The molecule has 0 radical (unpaired) electrons. The molecule has 1 unspecified atom stereocenters. The molecule has 186 valence electrons. The standard InChI is InChI=1S/C27H26N2O7/c1-18(21-8-13-24-25(14-21)34-17-33-24)29-35-16-26(30)36-19(2)27(31)28-22-9-11-23(12-10-22)32-15-20-6-4-3-5-7-20/h3-14,19H,15-17H2,1-2H3,(H,28,31). The van der Waals surface area contributed by atoms with Gasteiger partial charge in [-0.3, -0.25) is 4.79 Å². The topological polar surface area (TPSA) is 105 Å². The van der Waals surface area contributed by atoms with Crippen molar-refractivity contribution in [2.75, 3.05) is 18.7 Å². The van der Waals surface area contributed by atoms with E-state index in [1.165, 1.54) is 6.92 Å². The minimum absolute atomic E-state index is 0.178. The number of anilines is 1. The van der Waals surface area contributed by atoms with Crippen LogP contribution in [0.3, 0.4) is 0 Å². The SMILES string of the molecule is CC(=NOCC(=O)OC(C)C(=O)Nc1ccc(OCc2ccccc2)cc1)c1ccc2c(c1)OCO2. The van der Waals surface area contributed by atoms with Gasteiger partial charge in [0.15, 0.2) is 17.6 Å². The third-order valence-electron chi connectivity index (χ3n) is 5.22. The minimum atomic E-state index is -1.02. The number of rotatable bonds is 10. The largest absolute Gasteiger partial charge is 0.489 e. The molecule has 0 saturated carbocycles. The first-order chi connectivity index (χ1) is 17.5. The highest BCUT2D eigenvalue weighted by atomic mass is 16.7. The maximum Gasteiger partial charge on any atom is 0.347 e. The fourth-order valence-corrected chi connectivity index (χ4v) is 3.26. The van der Waals surface area contributed by atoms with E-state index in [1.54, 1.807) is 43.3 Å². The summed E-state index contributed by atoms with van der Waals surface area (Å²) < 4.78 is 21.5. The molecule has 0 aliphatic carbocycles. The lowest BCUT2D eigenvalue weighted by Gasteiger charge is -2.13. The molecule has 3 aromatic carbocycles. The van der Waals surface area contributed by atoms with E-state index < -0.39 is 24.6 Å². The van der Waals surface area contributed by atoms with Crippen molar-refractivity contribution in [3.63, 3.8) is 0 Å². The van der Waals surface area contributed by atoms with Crippen molar-refractivity contribution in [2.24, 2.45) is 5.16 Å². The lowest BCUT2D eigenvalue weighted by molar-refractivity contribution is -0.157. The van der Waals surface area contributed by atoms with Crippen LogP contribution in [0.15, 0.2) is 78.0 Å². The maximum atomic E-state index is 12.4. The van der Waals surface area contributed by atoms with Crippen LogP contribution in [0.2, 0.25) is 0 Å². The number of nitrogens with zero attached hydrogens (tertiary/aromatic N) is 1. The highest BCUT2D eigenvalue weighted by Gasteiger charge is 2.19. The van der Waals surface area contributed by atoms with Crippen molar-refractivity contribution in [3.05, 3.63) is 83.9 Å². The van der Waals surface area contributed by atoms with Crippen molar-refractivity contribution in [2.45, 2.75) is 26.6 Å². The summed E-state index contributed by atoms with van der Waals surface area (Å²) in [4.78, 5) is 29.6. The lowest BCUT2D eigenvalue weighted by Crippen LogP contribution is -2.31. The zero-order valence-corrected chi connectivity index (χ0v) is 19.9. The predicted octanol–water partition coefficient (Wildman–Crippen LogP) is 4.31. The first-order valence-electron chi connectivity index (χ1n) is 11.3. The zero-order chi connectivity index (χ0) is 25.3. The number of nitrogens with one attached hydrogen (secondary N) is 1. The van der Waals surface area contributed by atoms with E-state index in [0.29, 0.717) is 35.3 Å². The Kier molecular flexibility index (Phi) is 8.02. The van der Waals surface area contributed by atoms with Gasteiger partial charge in [-0.15, -0.1) is 0 Å². The van der Waals surface area contributed by atoms with Gasteiger partial charge in [-0.25, -0.2) is 4.79 Å². The molecule has 0 fully saturated rings. The van der Waals surface area contributed by atoms with E-state index in [-0.39, 0.29) is 6.79 Å². The van der Waals surface area contributed by atoms with E-state index in [0.717, 1.165) is 11.1 Å². The summed E-state index contributed by atoms with van der Waals surface area (Å²) in [6.07, 6.45) is -1.02.